The summed E-state index contributed by atoms with van der Waals surface area (Å²) < 4.78 is 1.77. The monoisotopic (exact) mass is 292 g/mol. The van der Waals surface area contributed by atoms with E-state index in [9.17, 15) is 4.79 Å². The lowest BCUT2D eigenvalue weighted by Crippen LogP contribution is -2.48. The summed E-state index contributed by atoms with van der Waals surface area (Å²) in [4.78, 5) is 18.5. The molecular weight excluding hydrogens is 276 g/mol. The summed E-state index contributed by atoms with van der Waals surface area (Å²) in [5.74, 6) is 0.472. The molecule has 4 heterocycles. The van der Waals surface area contributed by atoms with Crippen LogP contribution in [0.5, 0.6) is 0 Å². The molecule has 0 unspecified atom stereocenters. The fourth-order valence-electron chi connectivity index (χ4n) is 2.91. The molecule has 0 bridgehead atoms. The number of nitrogens with zero attached hydrogens (tertiary/aromatic N) is 4. The van der Waals surface area contributed by atoms with E-state index in [1.165, 1.54) is 5.56 Å². The average Bonchev–Trinajstić information content (AvgIpc) is 2.89. The van der Waals surface area contributed by atoms with Gasteiger partial charge in [-0.1, -0.05) is 6.07 Å². The molecule has 0 aliphatic carbocycles. The first kappa shape index (κ1) is 13.0. The zero-order chi connectivity index (χ0) is 15.1. The number of amides is 1. The minimum absolute atomic E-state index is 0.0594. The maximum absolute atomic E-state index is 12.6. The summed E-state index contributed by atoms with van der Waals surface area (Å²) in [6, 6.07) is 7.99. The van der Waals surface area contributed by atoms with E-state index in [1.54, 1.807) is 23.1 Å². The highest BCUT2D eigenvalue weighted by Gasteiger charge is 2.33. The number of likely N-dealkylation sites (tertiary alicyclic amines) is 1. The SMILES string of the molecule is Cc1ccc2c(C(=O)N3CC(c4ccncc4)C3)cnn2c1. The molecule has 0 atom stereocenters. The Morgan fingerprint density at radius 3 is 2.73 bits per heavy atom. The highest BCUT2D eigenvalue weighted by atomic mass is 16.2. The van der Waals surface area contributed by atoms with Crippen LogP contribution in [-0.4, -0.2) is 38.5 Å². The molecule has 3 aromatic rings. The number of hydrogen-bond donors (Lipinski definition) is 0. The third kappa shape index (κ3) is 2.06. The average molecular weight is 292 g/mol. The fraction of sp³-hybridized carbons (Fsp3) is 0.235. The maximum atomic E-state index is 12.6. The minimum atomic E-state index is 0.0594. The van der Waals surface area contributed by atoms with Crippen molar-refractivity contribution in [3.05, 3.63) is 65.7 Å². The van der Waals surface area contributed by atoms with E-state index in [0.29, 0.717) is 11.5 Å². The van der Waals surface area contributed by atoms with Crippen molar-refractivity contribution in [2.45, 2.75) is 12.8 Å². The van der Waals surface area contributed by atoms with Gasteiger partial charge in [-0.2, -0.15) is 5.10 Å². The zero-order valence-electron chi connectivity index (χ0n) is 12.3. The molecule has 0 saturated carbocycles. The number of fused-ring (bicyclic) bond motifs is 1. The van der Waals surface area contributed by atoms with Crippen molar-refractivity contribution in [2.75, 3.05) is 13.1 Å². The van der Waals surface area contributed by atoms with Gasteiger partial charge in [-0.3, -0.25) is 9.78 Å². The lowest BCUT2D eigenvalue weighted by Gasteiger charge is -2.39. The van der Waals surface area contributed by atoms with Gasteiger partial charge in [-0.25, -0.2) is 4.52 Å². The maximum Gasteiger partial charge on any atom is 0.257 e. The van der Waals surface area contributed by atoms with Crippen LogP contribution in [0.15, 0.2) is 49.1 Å². The Morgan fingerprint density at radius 1 is 1.18 bits per heavy atom. The Kier molecular flexibility index (Phi) is 2.92. The van der Waals surface area contributed by atoms with Crippen molar-refractivity contribution in [1.82, 2.24) is 19.5 Å². The Labute approximate surface area is 128 Å². The van der Waals surface area contributed by atoms with E-state index >= 15 is 0 Å². The predicted octanol–water partition coefficient (Wildman–Crippen LogP) is 2.28. The van der Waals surface area contributed by atoms with Crippen LogP contribution in [0.3, 0.4) is 0 Å². The van der Waals surface area contributed by atoms with E-state index in [0.717, 1.165) is 24.2 Å². The third-order valence-corrected chi connectivity index (χ3v) is 4.24. The van der Waals surface area contributed by atoms with Crippen molar-refractivity contribution in [3.63, 3.8) is 0 Å². The normalized spacial score (nSPS) is 15.0. The van der Waals surface area contributed by atoms with Gasteiger partial charge in [-0.15, -0.1) is 0 Å². The van der Waals surface area contributed by atoms with Crippen LogP contribution in [-0.2, 0) is 0 Å². The van der Waals surface area contributed by atoms with Gasteiger partial charge in [-0.05, 0) is 36.2 Å². The molecule has 5 heteroatoms. The first-order chi connectivity index (χ1) is 10.7. The Bertz CT molecular complexity index is 834. The van der Waals surface area contributed by atoms with Gasteiger partial charge in [0.05, 0.1) is 17.3 Å². The Morgan fingerprint density at radius 2 is 1.95 bits per heavy atom. The highest BCUT2D eigenvalue weighted by molar-refractivity contribution is 6.01. The number of pyridine rings is 2. The van der Waals surface area contributed by atoms with Crippen LogP contribution in [0.1, 0.15) is 27.4 Å². The molecule has 1 saturated heterocycles. The minimum Gasteiger partial charge on any atom is -0.337 e. The van der Waals surface area contributed by atoms with Gasteiger partial charge in [0.2, 0.25) is 0 Å². The van der Waals surface area contributed by atoms with E-state index in [2.05, 4.69) is 10.1 Å². The van der Waals surface area contributed by atoms with Gasteiger partial charge in [0.25, 0.3) is 5.91 Å². The summed E-state index contributed by atoms with van der Waals surface area (Å²) in [5.41, 5.74) is 3.90. The second kappa shape index (κ2) is 4.94. The van der Waals surface area contributed by atoms with E-state index < -0.39 is 0 Å². The highest BCUT2D eigenvalue weighted by Crippen LogP contribution is 2.28. The second-order valence-corrected chi connectivity index (χ2v) is 5.78. The number of carbonyl (C=O) groups is 1. The molecule has 1 fully saturated rings. The molecule has 5 nitrogen and oxygen atoms in total. The second-order valence-electron chi connectivity index (χ2n) is 5.78. The van der Waals surface area contributed by atoms with Crippen molar-refractivity contribution in [3.8, 4) is 0 Å². The molecule has 1 amide bonds. The summed E-state index contributed by atoms with van der Waals surface area (Å²) in [5, 5.41) is 4.28. The number of aromatic nitrogens is 3. The van der Waals surface area contributed by atoms with E-state index in [4.69, 9.17) is 0 Å². The van der Waals surface area contributed by atoms with Crippen molar-refractivity contribution >= 4 is 11.4 Å². The molecular formula is C17H16N4O. The zero-order valence-corrected chi connectivity index (χ0v) is 12.3. The van der Waals surface area contributed by atoms with E-state index in [-0.39, 0.29) is 5.91 Å². The summed E-state index contributed by atoms with van der Waals surface area (Å²) in [6.07, 6.45) is 7.19. The van der Waals surface area contributed by atoms with Gasteiger partial charge in [0, 0.05) is 37.6 Å². The predicted molar refractivity (Wildman–Crippen MR) is 82.8 cm³/mol. The first-order valence-electron chi connectivity index (χ1n) is 7.35. The molecule has 1 aliphatic heterocycles. The standard InChI is InChI=1S/C17H16N4O/c1-12-2-3-16-15(8-19-21(16)9-12)17(22)20-10-14(11-20)13-4-6-18-7-5-13/h2-9,14H,10-11H2,1H3. The quantitative estimate of drug-likeness (QED) is 0.728. The molecule has 0 N–H and O–H groups in total. The van der Waals surface area contributed by atoms with Gasteiger partial charge >= 0.3 is 0 Å². The van der Waals surface area contributed by atoms with Crippen LogP contribution in [0.2, 0.25) is 0 Å². The van der Waals surface area contributed by atoms with Crippen molar-refractivity contribution in [2.24, 2.45) is 0 Å². The lowest BCUT2D eigenvalue weighted by molar-refractivity contribution is 0.0604. The van der Waals surface area contributed by atoms with Gasteiger partial charge < -0.3 is 4.90 Å². The molecule has 22 heavy (non-hydrogen) atoms. The van der Waals surface area contributed by atoms with Crippen molar-refractivity contribution < 1.29 is 4.79 Å². The molecule has 0 spiro atoms. The van der Waals surface area contributed by atoms with Crippen molar-refractivity contribution in [1.29, 1.82) is 0 Å². The van der Waals surface area contributed by atoms with Crippen LogP contribution in [0.25, 0.3) is 5.52 Å². The Hall–Kier alpha value is -2.69. The summed E-state index contributed by atoms with van der Waals surface area (Å²) in [6.45, 7) is 3.52. The van der Waals surface area contributed by atoms with E-state index in [1.807, 2.05) is 42.3 Å². The number of aryl methyl sites for hydroxylation is 1. The molecule has 110 valence electrons. The van der Waals surface area contributed by atoms with Crippen LogP contribution >= 0.6 is 0 Å². The first-order valence-corrected chi connectivity index (χ1v) is 7.35. The number of rotatable bonds is 2. The fourth-order valence-corrected chi connectivity index (χ4v) is 2.91. The molecule has 0 radical (unpaired) electrons. The largest absolute Gasteiger partial charge is 0.337 e. The van der Waals surface area contributed by atoms with Crippen LogP contribution in [0.4, 0.5) is 0 Å². The van der Waals surface area contributed by atoms with Gasteiger partial charge in [0.1, 0.15) is 0 Å². The molecule has 1 aliphatic rings. The smallest absolute Gasteiger partial charge is 0.257 e. The Balaban J connectivity index is 1.53. The van der Waals surface area contributed by atoms with Crippen LogP contribution in [0, 0.1) is 6.92 Å². The molecule has 4 rings (SSSR count). The summed E-state index contributed by atoms with van der Waals surface area (Å²) in [7, 11) is 0. The summed E-state index contributed by atoms with van der Waals surface area (Å²) >= 11 is 0. The third-order valence-electron chi connectivity index (χ3n) is 4.24. The number of hydrogen-bond acceptors (Lipinski definition) is 3. The van der Waals surface area contributed by atoms with Crippen LogP contribution < -0.4 is 0 Å². The number of carbonyl (C=O) groups excluding carboxylic acids is 1. The molecule has 3 aromatic heterocycles. The molecule has 0 aromatic carbocycles. The topological polar surface area (TPSA) is 50.5 Å². The lowest BCUT2D eigenvalue weighted by atomic mass is 9.91. The van der Waals surface area contributed by atoms with Gasteiger partial charge in [0.15, 0.2) is 0 Å².